The molecule has 1 atom stereocenters. The fraction of sp³-hybridized carbons (Fsp3) is 0.406. The third-order valence-electron chi connectivity index (χ3n) is 7.18. The van der Waals surface area contributed by atoms with Crippen LogP contribution in [0.15, 0.2) is 60.7 Å². The predicted molar refractivity (Wildman–Crippen MR) is 152 cm³/mol. The maximum Gasteiger partial charge on any atom is 0.533 e. The summed E-state index contributed by atoms with van der Waals surface area (Å²) in [7, 11) is 0. The number of carbonyl (C=O) groups excluding carboxylic acids is 1. The number of halogens is 9. The average Bonchev–Trinajstić information content (AvgIpc) is 3.07. The second-order valence-corrected chi connectivity index (χ2v) is 11.9. The lowest BCUT2D eigenvalue weighted by atomic mass is 9.94. The first-order valence-corrected chi connectivity index (χ1v) is 14.1. The van der Waals surface area contributed by atoms with Crippen molar-refractivity contribution in [1.82, 2.24) is 0 Å². The van der Waals surface area contributed by atoms with E-state index in [1.54, 1.807) is 51.1 Å². The molecule has 0 saturated heterocycles. The van der Waals surface area contributed by atoms with Crippen molar-refractivity contribution in [1.29, 1.82) is 0 Å². The van der Waals surface area contributed by atoms with E-state index in [-0.39, 0.29) is 47.8 Å². The summed E-state index contributed by atoms with van der Waals surface area (Å²) in [6.07, 6.45) is -15.7. The Bertz CT molecular complexity index is 1510. The van der Waals surface area contributed by atoms with E-state index >= 15 is 0 Å². The second-order valence-electron chi connectivity index (χ2n) is 11.9. The number of hydroxylamine groups is 1. The van der Waals surface area contributed by atoms with E-state index in [0.29, 0.717) is 17.8 Å². The summed E-state index contributed by atoms with van der Waals surface area (Å²) < 4.78 is 130. The molecule has 0 amide bonds. The molecule has 4 rings (SSSR count). The lowest BCUT2D eigenvalue weighted by Crippen LogP contribution is -2.33. The lowest BCUT2D eigenvalue weighted by Gasteiger charge is -2.35. The Labute approximate surface area is 259 Å². The van der Waals surface area contributed by atoms with Crippen LogP contribution < -0.4 is 9.96 Å². The third kappa shape index (κ3) is 8.38. The molecule has 46 heavy (non-hydrogen) atoms. The van der Waals surface area contributed by atoms with E-state index in [1.165, 1.54) is 17.9 Å². The molecule has 0 radical (unpaired) electrons. The van der Waals surface area contributed by atoms with Gasteiger partial charge in [-0.2, -0.15) is 39.5 Å². The monoisotopic (exact) mass is 662 g/mol. The van der Waals surface area contributed by atoms with Gasteiger partial charge in [-0.1, -0.05) is 24.3 Å². The van der Waals surface area contributed by atoms with Crippen molar-refractivity contribution < 1.29 is 53.9 Å². The molecule has 0 aliphatic carbocycles. The minimum absolute atomic E-state index is 0.0330. The molecule has 0 unspecified atom stereocenters. The Balaban J connectivity index is 1.89. The van der Waals surface area contributed by atoms with Gasteiger partial charge in [0.05, 0.1) is 35.0 Å². The molecule has 1 aliphatic heterocycles. The number of hydrogen-bond acceptors (Lipinski definition) is 5. The minimum Gasteiger partial charge on any atom is -0.427 e. The van der Waals surface area contributed by atoms with Crippen molar-refractivity contribution >= 4 is 17.5 Å². The van der Waals surface area contributed by atoms with Crippen LogP contribution in [0.25, 0.3) is 0 Å². The highest BCUT2D eigenvalue weighted by molar-refractivity contribution is 5.67. The van der Waals surface area contributed by atoms with E-state index in [2.05, 4.69) is 0 Å². The van der Waals surface area contributed by atoms with Crippen LogP contribution in [0.4, 0.5) is 55.7 Å². The molecule has 0 aromatic heterocycles. The number of ether oxygens (including phenoxy) is 1. The fourth-order valence-electron chi connectivity index (χ4n) is 5.30. The number of anilines is 2. The summed E-state index contributed by atoms with van der Waals surface area (Å²) in [6.45, 7) is 5.41. The van der Waals surface area contributed by atoms with Gasteiger partial charge >= 0.3 is 24.7 Å². The molecule has 1 aliphatic rings. The van der Waals surface area contributed by atoms with Crippen molar-refractivity contribution in [3.8, 4) is 0 Å². The maximum absolute atomic E-state index is 14.1. The van der Waals surface area contributed by atoms with Gasteiger partial charge in [0.15, 0.2) is 0 Å². The van der Waals surface area contributed by atoms with Crippen LogP contribution in [-0.4, -0.2) is 18.3 Å². The number of carbonyl (C=O) groups is 1. The summed E-state index contributed by atoms with van der Waals surface area (Å²) in [4.78, 5) is 19.5. The van der Waals surface area contributed by atoms with Gasteiger partial charge in [0.2, 0.25) is 0 Å². The molecule has 5 nitrogen and oxygen atoms in total. The Kier molecular flexibility index (Phi) is 9.52. The molecule has 3 aromatic carbocycles. The fourth-order valence-corrected chi connectivity index (χ4v) is 5.30. The summed E-state index contributed by atoms with van der Waals surface area (Å²) in [5.74, 6) is 0. The van der Waals surface area contributed by atoms with Crippen LogP contribution in [0.3, 0.4) is 0 Å². The van der Waals surface area contributed by atoms with Crippen LogP contribution in [0.2, 0.25) is 0 Å². The van der Waals surface area contributed by atoms with E-state index < -0.39 is 59.6 Å². The van der Waals surface area contributed by atoms with Gasteiger partial charge in [-0.15, -0.1) is 0 Å². The van der Waals surface area contributed by atoms with Gasteiger partial charge in [0.25, 0.3) is 0 Å². The minimum atomic E-state index is -5.08. The van der Waals surface area contributed by atoms with Crippen molar-refractivity contribution in [2.45, 2.75) is 77.3 Å². The van der Waals surface area contributed by atoms with Crippen molar-refractivity contribution in [3.05, 3.63) is 94.0 Å². The zero-order chi connectivity index (χ0) is 34.2. The SMILES string of the molecule is Cc1cc2c(cc1C(F)(F)F)N(OC(=O)OC(C)(C)C)CCC[C@@H]2N(Cc1cc(C(F)(F)F)cc(C(F)(F)F)c1)c1ccccc1. The zero-order valence-corrected chi connectivity index (χ0v) is 25.2. The number of alkyl halides is 9. The van der Waals surface area contributed by atoms with E-state index in [1.807, 2.05) is 0 Å². The summed E-state index contributed by atoms with van der Waals surface area (Å²) in [6, 6.07) is 10.6. The average molecular weight is 663 g/mol. The number of benzene rings is 3. The Morgan fingerprint density at radius 3 is 1.96 bits per heavy atom. The van der Waals surface area contributed by atoms with E-state index in [4.69, 9.17) is 9.57 Å². The summed E-state index contributed by atoms with van der Waals surface area (Å²) in [5, 5.41) is 0.979. The smallest absolute Gasteiger partial charge is 0.427 e. The maximum atomic E-state index is 14.1. The van der Waals surface area contributed by atoms with Gasteiger partial charge in [-0.05, 0) is 88.1 Å². The summed E-state index contributed by atoms with van der Waals surface area (Å²) in [5.41, 5.74) is -5.01. The zero-order valence-electron chi connectivity index (χ0n) is 25.2. The number of rotatable bonds is 5. The van der Waals surface area contributed by atoms with Gasteiger partial charge in [0.1, 0.15) is 5.60 Å². The first kappa shape index (κ1) is 34.8. The van der Waals surface area contributed by atoms with Gasteiger partial charge in [0, 0.05) is 17.8 Å². The first-order chi connectivity index (χ1) is 21.1. The second kappa shape index (κ2) is 12.6. The van der Waals surface area contributed by atoms with E-state index in [0.717, 1.165) is 11.1 Å². The molecular formula is C32H31F9N2O3. The molecule has 1 heterocycles. The molecular weight excluding hydrogens is 631 g/mol. The van der Waals surface area contributed by atoms with Gasteiger partial charge in [-0.25, -0.2) is 9.86 Å². The normalized spacial score (nSPS) is 16.0. The molecule has 14 heteroatoms. The Morgan fingerprint density at radius 2 is 1.43 bits per heavy atom. The van der Waals surface area contributed by atoms with Crippen LogP contribution in [0.1, 0.15) is 73.0 Å². The number of nitrogens with zero attached hydrogens (tertiary/aromatic N) is 2. The van der Waals surface area contributed by atoms with Crippen LogP contribution in [0.5, 0.6) is 0 Å². The first-order valence-electron chi connectivity index (χ1n) is 14.1. The molecule has 0 bridgehead atoms. The molecule has 0 saturated carbocycles. The molecule has 0 spiro atoms. The van der Waals surface area contributed by atoms with Crippen LogP contribution in [0, 0.1) is 6.92 Å². The Morgan fingerprint density at radius 1 is 0.848 bits per heavy atom. The number of para-hydroxylation sites is 1. The van der Waals surface area contributed by atoms with Gasteiger partial charge in [-0.3, -0.25) is 0 Å². The highest BCUT2D eigenvalue weighted by atomic mass is 19.4. The topological polar surface area (TPSA) is 42.0 Å². The molecule has 0 fully saturated rings. The van der Waals surface area contributed by atoms with Crippen molar-refractivity contribution in [2.75, 3.05) is 16.5 Å². The van der Waals surface area contributed by atoms with Crippen molar-refractivity contribution in [2.24, 2.45) is 0 Å². The summed E-state index contributed by atoms with van der Waals surface area (Å²) >= 11 is 0. The third-order valence-corrected chi connectivity index (χ3v) is 7.18. The largest absolute Gasteiger partial charge is 0.533 e. The standard InChI is InChI=1S/C32H31F9N2O3/c1-19-13-24-26(11-8-12-43(46-28(44)45-29(2,3)4)27(24)17-25(19)32(39,40)41)42(23-9-6-5-7-10-23)18-20-14-21(30(33,34)35)16-22(15-20)31(36,37)38/h5-7,9-10,13-17,26H,8,11-12,18H2,1-4H3/t26-/m0/s1. The van der Waals surface area contributed by atoms with Crippen LogP contribution in [-0.2, 0) is 34.6 Å². The number of aryl methyl sites for hydroxylation is 1. The molecule has 250 valence electrons. The quantitative estimate of drug-likeness (QED) is 0.201. The van der Waals surface area contributed by atoms with Crippen molar-refractivity contribution in [3.63, 3.8) is 0 Å². The highest BCUT2D eigenvalue weighted by Crippen LogP contribution is 2.45. The van der Waals surface area contributed by atoms with Crippen LogP contribution >= 0.6 is 0 Å². The predicted octanol–water partition coefficient (Wildman–Crippen LogP) is 10.3. The number of fused-ring (bicyclic) bond motifs is 1. The highest BCUT2D eigenvalue weighted by Gasteiger charge is 2.39. The van der Waals surface area contributed by atoms with E-state index in [9.17, 15) is 44.3 Å². The molecule has 3 aromatic rings. The number of hydrogen-bond donors (Lipinski definition) is 0. The molecule has 0 N–H and O–H groups in total. The van der Waals surface area contributed by atoms with Gasteiger partial charge < -0.3 is 14.5 Å². The lowest BCUT2D eigenvalue weighted by molar-refractivity contribution is -0.143. The Hall–Kier alpha value is -4.10.